The Bertz CT molecular complexity index is 779. The Hall–Kier alpha value is -2.91. The van der Waals surface area contributed by atoms with Crippen molar-refractivity contribution in [1.29, 1.82) is 0 Å². The van der Waals surface area contributed by atoms with E-state index in [0.717, 1.165) is 5.56 Å². The Morgan fingerprint density at radius 3 is 2.57 bits per heavy atom. The molecule has 0 spiro atoms. The lowest BCUT2D eigenvalue weighted by molar-refractivity contribution is -0.385. The zero-order valence-corrected chi connectivity index (χ0v) is 13.2. The maximum absolute atomic E-state index is 11.3. The van der Waals surface area contributed by atoms with E-state index in [2.05, 4.69) is 4.85 Å². The van der Waals surface area contributed by atoms with E-state index in [-0.39, 0.29) is 17.1 Å². The third-order valence-electron chi connectivity index (χ3n) is 3.27. The van der Waals surface area contributed by atoms with Crippen LogP contribution in [0, 0.1) is 23.6 Å². The molecule has 0 amide bonds. The molecule has 0 heterocycles. The van der Waals surface area contributed by atoms with Gasteiger partial charge in [-0.2, -0.15) is 0 Å². The predicted molar refractivity (Wildman–Crippen MR) is 88.0 cm³/mol. The molecule has 2 aromatic carbocycles. The van der Waals surface area contributed by atoms with Gasteiger partial charge in [-0.1, -0.05) is 18.2 Å². The van der Waals surface area contributed by atoms with Gasteiger partial charge >= 0.3 is 5.69 Å². The van der Waals surface area contributed by atoms with Gasteiger partial charge in [-0.25, -0.2) is 4.85 Å². The quantitative estimate of drug-likeness (QED) is 0.469. The highest BCUT2D eigenvalue weighted by molar-refractivity contribution is 5.64. The molecule has 0 unspecified atom stereocenters. The average Bonchev–Trinajstić information content (AvgIpc) is 2.48. The number of ether oxygens (including phenoxy) is 1. The van der Waals surface area contributed by atoms with Crippen molar-refractivity contribution < 1.29 is 9.66 Å². The van der Waals surface area contributed by atoms with Crippen LogP contribution in [0.1, 0.15) is 11.1 Å². The zero-order valence-electron chi connectivity index (χ0n) is 13.2. The van der Waals surface area contributed by atoms with Crippen molar-refractivity contribution >= 4 is 11.4 Å². The molecule has 0 aliphatic rings. The molecule has 118 valence electrons. The van der Waals surface area contributed by atoms with Gasteiger partial charge in [-0.3, -0.25) is 10.1 Å². The summed E-state index contributed by atoms with van der Waals surface area (Å²) in [6, 6.07) is 10.2. The van der Waals surface area contributed by atoms with Crippen molar-refractivity contribution in [3.63, 3.8) is 0 Å². The Morgan fingerprint density at radius 2 is 1.96 bits per heavy atom. The van der Waals surface area contributed by atoms with Crippen molar-refractivity contribution in [2.75, 3.05) is 14.1 Å². The molecule has 2 aromatic rings. The summed E-state index contributed by atoms with van der Waals surface area (Å²) in [5.41, 5.74) is 1.62. The summed E-state index contributed by atoms with van der Waals surface area (Å²) in [5.74, 6) is 0.713. The van der Waals surface area contributed by atoms with Crippen LogP contribution in [0.2, 0.25) is 0 Å². The van der Waals surface area contributed by atoms with E-state index in [4.69, 9.17) is 11.3 Å². The van der Waals surface area contributed by atoms with Gasteiger partial charge in [0.25, 0.3) is 0 Å². The van der Waals surface area contributed by atoms with Gasteiger partial charge in [0.05, 0.1) is 11.5 Å². The van der Waals surface area contributed by atoms with E-state index in [1.807, 2.05) is 37.2 Å². The minimum Gasteiger partial charge on any atom is -0.450 e. The van der Waals surface area contributed by atoms with Crippen LogP contribution in [-0.2, 0) is 6.54 Å². The zero-order chi connectivity index (χ0) is 17.0. The summed E-state index contributed by atoms with van der Waals surface area (Å²) in [6.07, 6.45) is 0. The molecule has 0 N–H and O–H groups in total. The Morgan fingerprint density at radius 1 is 1.26 bits per heavy atom. The number of aryl methyl sites for hydroxylation is 1. The summed E-state index contributed by atoms with van der Waals surface area (Å²) < 4.78 is 5.81. The predicted octanol–water partition coefficient (Wildman–Crippen LogP) is 4.31. The Labute approximate surface area is 134 Å². The molecule has 0 aliphatic carbocycles. The number of hydrogen-bond donors (Lipinski definition) is 0. The van der Waals surface area contributed by atoms with Gasteiger partial charge in [0.1, 0.15) is 5.75 Å². The van der Waals surface area contributed by atoms with Gasteiger partial charge in [0, 0.05) is 18.2 Å². The monoisotopic (exact) mass is 311 g/mol. The fourth-order valence-corrected chi connectivity index (χ4v) is 2.20. The van der Waals surface area contributed by atoms with Crippen molar-refractivity contribution in [2.45, 2.75) is 13.5 Å². The molecule has 6 heteroatoms. The van der Waals surface area contributed by atoms with Gasteiger partial charge in [-0.05, 0) is 38.7 Å². The largest absolute Gasteiger partial charge is 0.450 e. The number of nitro benzene ring substituents is 1. The first-order chi connectivity index (χ1) is 10.9. The highest BCUT2D eigenvalue weighted by atomic mass is 16.6. The van der Waals surface area contributed by atoms with Crippen molar-refractivity contribution in [3.05, 3.63) is 69.1 Å². The van der Waals surface area contributed by atoms with Crippen LogP contribution in [0.4, 0.5) is 11.4 Å². The maximum atomic E-state index is 11.3. The maximum Gasteiger partial charge on any atom is 0.301 e. The smallest absolute Gasteiger partial charge is 0.301 e. The number of benzene rings is 2. The molecule has 2 rings (SSSR count). The van der Waals surface area contributed by atoms with Crippen LogP contribution < -0.4 is 4.74 Å². The second-order valence-electron chi connectivity index (χ2n) is 5.42. The molecular weight excluding hydrogens is 294 g/mol. The molecular formula is C17H17N3O3. The standard InChI is InChI=1S/C17H17N3O3/c1-12-9-17(15(20(21)22)10-14(12)18-2)23-16-8-6-5-7-13(16)11-19(3)4/h5-10H,11H2,1,3-4H3. The number of nitrogens with zero attached hydrogens (tertiary/aromatic N) is 3. The summed E-state index contributed by atoms with van der Waals surface area (Å²) in [6.45, 7) is 9.47. The van der Waals surface area contributed by atoms with E-state index in [1.165, 1.54) is 12.1 Å². The van der Waals surface area contributed by atoms with Crippen LogP contribution in [0.3, 0.4) is 0 Å². The highest BCUT2D eigenvalue weighted by Crippen LogP contribution is 2.38. The highest BCUT2D eigenvalue weighted by Gasteiger charge is 2.19. The number of rotatable bonds is 5. The molecule has 0 aliphatic heterocycles. The topological polar surface area (TPSA) is 60.0 Å². The van der Waals surface area contributed by atoms with Crippen molar-refractivity contribution in [1.82, 2.24) is 4.90 Å². The Balaban J connectivity index is 2.47. The first-order valence-electron chi connectivity index (χ1n) is 6.99. The third kappa shape index (κ3) is 3.84. The van der Waals surface area contributed by atoms with Crippen LogP contribution in [-0.4, -0.2) is 23.9 Å². The number of hydrogen-bond acceptors (Lipinski definition) is 4. The van der Waals surface area contributed by atoms with E-state index in [0.29, 0.717) is 17.9 Å². The number of nitro groups is 1. The molecule has 0 bridgehead atoms. The molecule has 0 aromatic heterocycles. The average molecular weight is 311 g/mol. The van der Waals surface area contributed by atoms with Crippen LogP contribution in [0.15, 0.2) is 36.4 Å². The minimum absolute atomic E-state index is 0.145. The lowest BCUT2D eigenvalue weighted by Crippen LogP contribution is -2.11. The molecule has 23 heavy (non-hydrogen) atoms. The first kappa shape index (κ1) is 16.5. The van der Waals surface area contributed by atoms with Gasteiger partial charge < -0.3 is 9.64 Å². The second kappa shape index (κ2) is 6.90. The van der Waals surface area contributed by atoms with Crippen LogP contribution in [0.5, 0.6) is 11.5 Å². The minimum atomic E-state index is -0.530. The normalized spacial score (nSPS) is 10.4. The second-order valence-corrected chi connectivity index (χ2v) is 5.42. The molecule has 0 saturated heterocycles. The van der Waals surface area contributed by atoms with Gasteiger partial charge in [0.2, 0.25) is 5.75 Å². The number of para-hydroxylation sites is 1. The first-order valence-corrected chi connectivity index (χ1v) is 6.99. The summed E-state index contributed by atoms with van der Waals surface area (Å²) in [5, 5.41) is 11.3. The summed E-state index contributed by atoms with van der Waals surface area (Å²) in [7, 11) is 3.88. The molecule has 0 atom stereocenters. The lowest BCUT2D eigenvalue weighted by Gasteiger charge is -2.15. The van der Waals surface area contributed by atoms with E-state index < -0.39 is 4.92 Å². The molecule has 0 radical (unpaired) electrons. The molecule has 0 fully saturated rings. The molecule has 6 nitrogen and oxygen atoms in total. The molecule has 0 saturated carbocycles. The van der Waals surface area contributed by atoms with E-state index >= 15 is 0 Å². The SMILES string of the molecule is [C-]#[N+]c1cc([N+](=O)[O-])c(Oc2ccccc2CN(C)C)cc1C. The summed E-state index contributed by atoms with van der Waals surface area (Å²) in [4.78, 5) is 16.0. The lowest BCUT2D eigenvalue weighted by atomic mass is 10.1. The van der Waals surface area contributed by atoms with E-state index in [9.17, 15) is 10.1 Å². The van der Waals surface area contributed by atoms with Crippen LogP contribution >= 0.6 is 0 Å². The van der Waals surface area contributed by atoms with Crippen molar-refractivity contribution in [3.8, 4) is 11.5 Å². The fourth-order valence-electron chi connectivity index (χ4n) is 2.20. The Kier molecular flexibility index (Phi) is 4.94. The summed E-state index contributed by atoms with van der Waals surface area (Å²) >= 11 is 0. The fraction of sp³-hybridized carbons (Fsp3) is 0.235. The van der Waals surface area contributed by atoms with E-state index in [1.54, 1.807) is 13.0 Å². The van der Waals surface area contributed by atoms with Gasteiger partial charge in [-0.15, -0.1) is 0 Å². The van der Waals surface area contributed by atoms with Gasteiger partial charge in [0.15, 0.2) is 5.69 Å². The van der Waals surface area contributed by atoms with Crippen LogP contribution in [0.25, 0.3) is 4.85 Å². The van der Waals surface area contributed by atoms with Crippen molar-refractivity contribution in [2.24, 2.45) is 0 Å². The third-order valence-corrected chi connectivity index (χ3v) is 3.27.